The monoisotopic (exact) mass is 347 g/mol. The van der Waals surface area contributed by atoms with Crippen LogP contribution in [0.25, 0.3) is 0 Å². The Bertz CT molecular complexity index is 553. The summed E-state index contributed by atoms with van der Waals surface area (Å²) in [5.41, 5.74) is 1.07. The van der Waals surface area contributed by atoms with Crippen LogP contribution in [0.3, 0.4) is 0 Å². The van der Waals surface area contributed by atoms with E-state index in [0.717, 1.165) is 15.8 Å². The molecular weight excluding hydrogens is 330 g/mol. The summed E-state index contributed by atoms with van der Waals surface area (Å²) in [4.78, 5) is 0. The topological polar surface area (TPSA) is 55.4 Å². The lowest BCUT2D eigenvalue weighted by molar-refractivity contribution is 0.334. The Balaban J connectivity index is 1.89. The van der Waals surface area contributed by atoms with E-state index < -0.39 is 9.84 Å². The second-order valence-electron chi connectivity index (χ2n) is 4.96. The lowest BCUT2D eigenvalue weighted by atomic mass is 9.92. The number of hydrogen-bond acceptors (Lipinski definition) is 4. The van der Waals surface area contributed by atoms with Crippen LogP contribution in [-0.2, 0) is 16.4 Å². The molecule has 1 aromatic carbocycles. The minimum atomic E-state index is -2.87. The molecule has 6 heteroatoms. The maximum Gasteiger partial charge on any atom is 0.150 e. The first-order chi connectivity index (χ1) is 8.90. The number of hydrogen-bond donors (Lipinski definition) is 1. The van der Waals surface area contributed by atoms with Crippen LogP contribution in [0, 0.1) is 0 Å². The first-order valence-electron chi connectivity index (χ1n) is 6.15. The number of benzene rings is 1. The Morgan fingerprint density at radius 1 is 1.42 bits per heavy atom. The predicted octanol–water partition coefficient (Wildman–Crippen LogP) is 2.12. The van der Waals surface area contributed by atoms with Gasteiger partial charge in [-0.2, -0.15) is 0 Å². The number of ether oxygens (including phenoxy) is 1. The molecule has 106 valence electrons. The molecule has 1 fully saturated rings. The summed E-state index contributed by atoms with van der Waals surface area (Å²) < 4.78 is 29.0. The predicted molar refractivity (Wildman–Crippen MR) is 79.2 cm³/mol. The highest BCUT2D eigenvalue weighted by Gasteiger charge is 2.35. The van der Waals surface area contributed by atoms with Crippen molar-refractivity contribution in [1.29, 1.82) is 0 Å². The highest BCUT2D eigenvalue weighted by molar-refractivity contribution is 9.10. The van der Waals surface area contributed by atoms with E-state index in [2.05, 4.69) is 21.2 Å². The molecule has 1 aromatic rings. The lowest BCUT2D eigenvalue weighted by Gasteiger charge is -2.34. The van der Waals surface area contributed by atoms with Gasteiger partial charge in [0.15, 0.2) is 0 Å². The highest BCUT2D eigenvalue weighted by Crippen LogP contribution is 2.28. The fraction of sp³-hybridized carbons (Fsp3) is 0.538. The summed E-state index contributed by atoms with van der Waals surface area (Å²) in [5, 5.41) is 3.20. The quantitative estimate of drug-likeness (QED) is 0.886. The standard InChI is InChI=1S/C13H18BrNO3S/c1-18-13-4-3-10(14)5-9(13)8-15-11-6-12(7-11)19(2,16)17/h3-5,11-12,15H,6-8H2,1-2H3. The van der Waals surface area contributed by atoms with Crippen molar-refractivity contribution in [3.63, 3.8) is 0 Å². The number of nitrogens with one attached hydrogen (secondary N) is 1. The third-order valence-electron chi connectivity index (χ3n) is 3.52. The van der Waals surface area contributed by atoms with Crippen molar-refractivity contribution < 1.29 is 13.2 Å². The van der Waals surface area contributed by atoms with Crippen LogP contribution in [-0.4, -0.2) is 33.1 Å². The van der Waals surface area contributed by atoms with E-state index in [1.54, 1.807) is 7.11 Å². The Kier molecular flexibility index (Phi) is 4.53. The van der Waals surface area contributed by atoms with Crippen molar-refractivity contribution in [2.24, 2.45) is 0 Å². The minimum absolute atomic E-state index is 0.172. The second-order valence-corrected chi connectivity index (χ2v) is 8.20. The van der Waals surface area contributed by atoms with Crippen molar-refractivity contribution in [3.05, 3.63) is 28.2 Å². The maximum absolute atomic E-state index is 11.3. The molecular formula is C13H18BrNO3S. The molecule has 0 unspecified atom stereocenters. The zero-order valence-electron chi connectivity index (χ0n) is 11.0. The van der Waals surface area contributed by atoms with Gasteiger partial charge in [-0.15, -0.1) is 0 Å². The molecule has 1 saturated carbocycles. The summed E-state index contributed by atoms with van der Waals surface area (Å²) in [5.74, 6) is 0.842. The van der Waals surface area contributed by atoms with Crippen molar-refractivity contribution in [1.82, 2.24) is 5.32 Å². The molecule has 2 rings (SSSR count). The van der Waals surface area contributed by atoms with E-state index in [0.29, 0.717) is 19.4 Å². The van der Waals surface area contributed by atoms with Crippen LogP contribution in [0.4, 0.5) is 0 Å². The van der Waals surface area contributed by atoms with Gasteiger partial charge in [-0.05, 0) is 31.0 Å². The number of methoxy groups -OCH3 is 1. The Morgan fingerprint density at radius 3 is 2.68 bits per heavy atom. The van der Waals surface area contributed by atoms with Crippen molar-refractivity contribution in [3.8, 4) is 5.75 Å². The van der Waals surface area contributed by atoms with E-state index in [9.17, 15) is 8.42 Å². The first-order valence-corrected chi connectivity index (χ1v) is 8.89. The zero-order chi connectivity index (χ0) is 14.0. The molecule has 0 bridgehead atoms. The minimum Gasteiger partial charge on any atom is -0.496 e. The average Bonchev–Trinajstić information content (AvgIpc) is 2.25. The van der Waals surface area contributed by atoms with Gasteiger partial charge in [0, 0.05) is 28.9 Å². The smallest absolute Gasteiger partial charge is 0.150 e. The average molecular weight is 348 g/mol. The molecule has 1 N–H and O–H groups in total. The molecule has 0 atom stereocenters. The normalized spacial score (nSPS) is 22.9. The summed E-state index contributed by atoms with van der Waals surface area (Å²) in [6.07, 6.45) is 2.72. The molecule has 0 aromatic heterocycles. The molecule has 19 heavy (non-hydrogen) atoms. The fourth-order valence-electron chi connectivity index (χ4n) is 2.22. The third-order valence-corrected chi connectivity index (χ3v) is 5.61. The molecule has 1 aliphatic carbocycles. The number of sulfone groups is 1. The van der Waals surface area contributed by atoms with Crippen molar-refractivity contribution in [2.75, 3.05) is 13.4 Å². The molecule has 4 nitrogen and oxygen atoms in total. The van der Waals surface area contributed by atoms with Crippen LogP contribution in [0.2, 0.25) is 0 Å². The van der Waals surface area contributed by atoms with E-state index in [1.165, 1.54) is 6.26 Å². The van der Waals surface area contributed by atoms with Gasteiger partial charge >= 0.3 is 0 Å². The van der Waals surface area contributed by atoms with Crippen LogP contribution in [0.5, 0.6) is 5.75 Å². The SMILES string of the molecule is COc1ccc(Br)cc1CNC1CC(S(C)(=O)=O)C1. The van der Waals surface area contributed by atoms with Crippen molar-refractivity contribution in [2.45, 2.75) is 30.7 Å². The molecule has 0 amide bonds. The third kappa shape index (κ3) is 3.70. The second kappa shape index (κ2) is 5.81. The molecule has 0 heterocycles. The summed E-state index contributed by atoms with van der Waals surface area (Å²) in [7, 11) is -1.23. The fourth-order valence-corrected chi connectivity index (χ4v) is 3.79. The zero-order valence-corrected chi connectivity index (χ0v) is 13.4. The van der Waals surface area contributed by atoms with E-state index >= 15 is 0 Å². The molecule has 0 aliphatic heterocycles. The Labute approximate surface area is 122 Å². The van der Waals surface area contributed by atoms with Gasteiger partial charge in [-0.1, -0.05) is 15.9 Å². The van der Waals surface area contributed by atoms with Crippen LogP contribution < -0.4 is 10.1 Å². The van der Waals surface area contributed by atoms with Crippen LogP contribution >= 0.6 is 15.9 Å². The van der Waals surface area contributed by atoms with Gasteiger partial charge in [0.25, 0.3) is 0 Å². The van der Waals surface area contributed by atoms with E-state index in [4.69, 9.17) is 4.74 Å². The Morgan fingerprint density at radius 2 is 2.11 bits per heavy atom. The van der Waals surface area contributed by atoms with Crippen LogP contribution in [0.1, 0.15) is 18.4 Å². The Hall–Kier alpha value is -0.590. The van der Waals surface area contributed by atoms with Gasteiger partial charge in [-0.25, -0.2) is 8.42 Å². The van der Waals surface area contributed by atoms with Crippen molar-refractivity contribution >= 4 is 25.8 Å². The van der Waals surface area contributed by atoms with E-state index in [-0.39, 0.29) is 11.3 Å². The highest BCUT2D eigenvalue weighted by atomic mass is 79.9. The van der Waals surface area contributed by atoms with Gasteiger partial charge in [0.05, 0.1) is 12.4 Å². The molecule has 0 saturated heterocycles. The summed E-state index contributed by atoms with van der Waals surface area (Å²) in [6.45, 7) is 0.684. The van der Waals surface area contributed by atoms with E-state index in [1.807, 2.05) is 18.2 Å². The molecule has 0 spiro atoms. The summed E-state index contributed by atoms with van der Waals surface area (Å²) in [6, 6.07) is 6.15. The van der Waals surface area contributed by atoms with Gasteiger partial charge in [0.2, 0.25) is 0 Å². The lowest BCUT2D eigenvalue weighted by Crippen LogP contribution is -2.47. The van der Waals surface area contributed by atoms with Gasteiger partial charge in [-0.3, -0.25) is 0 Å². The number of halogens is 1. The van der Waals surface area contributed by atoms with Crippen LogP contribution in [0.15, 0.2) is 22.7 Å². The number of rotatable bonds is 5. The van der Waals surface area contributed by atoms with Gasteiger partial charge in [0.1, 0.15) is 15.6 Å². The maximum atomic E-state index is 11.3. The molecule has 0 radical (unpaired) electrons. The largest absolute Gasteiger partial charge is 0.496 e. The first kappa shape index (κ1) is 14.8. The van der Waals surface area contributed by atoms with Gasteiger partial charge < -0.3 is 10.1 Å². The molecule has 1 aliphatic rings. The summed E-state index contributed by atoms with van der Waals surface area (Å²) >= 11 is 3.44.